The van der Waals surface area contributed by atoms with Crippen molar-refractivity contribution in [3.05, 3.63) is 149 Å². The molecule has 0 aliphatic heterocycles. The maximum absolute atomic E-state index is 14.5. The summed E-state index contributed by atoms with van der Waals surface area (Å²) in [4.78, 5) is 39.9. The van der Waals surface area contributed by atoms with E-state index in [4.69, 9.17) is 4.74 Å². The first-order valence-electron chi connectivity index (χ1n) is 16.5. The zero-order chi connectivity index (χ0) is 35.2. The highest BCUT2D eigenvalue weighted by Gasteiger charge is 2.22. The van der Waals surface area contributed by atoms with Crippen molar-refractivity contribution in [2.75, 3.05) is 0 Å². The molecule has 0 unspecified atom stereocenters. The number of rotatable bonds is 8. The van der Waals surface area contributed by atoms with Crippen LogP contribution in [0.5, 0.6) is 0 Å². The summed E-state index contributed by atoms with van der Waals surface area (Å²) in [6.45, 7) is 3.24. The van der Waals surface area contributed by atoms with Gasteiger partial charge in [0.25, 0.3) is 0 Å². The monoisotopic (exact) mass is 679 g/mol. The number of benzene rings is 4. The van der Waals surface area contributed by atoms with E-state index in [1.807, 2.05) is 56.3 Å². The van der Waals surface area contributed by atoms with E-state index in [2.05, 4.69) is 21.0 Å². The Hall–Kier alpha value is -6.29. The molecule has 4 aromatic carbocycles. The van der Waals surface area contributed by atoms with Gasteiger partial charge in [-0.15, -0.1) is 0 Å². The fraction of sp³-hybridized carbons (Fsp3) is 0.146. The molecule has 0 spiro atoms. The van der Waals surface area contributed by atoms with Gasteiger partial charge in [0.2, 0.25) is 0 Å². The number of nitrogens with zero attached hydrogens (tertiary/aromatic N) is 5. The predicted molar refractivity (Wildman–Crippen MR) is 191 cm³/mol. The van der Waals surface area contributed by atoms with Crippen LogP contribution in [0.1, 0.15) is 33.6 Å². The molecule has 0 amide bonds. The lowest BCUT2D eigenvalue weighted by Crippen LogP contribution is -2.22. The largest absolute Gasteiger partial charge is 0.390 e. The fourth-order valence-electron chi connectivity index (χ4n) is 7.09. The third-order valence-electron chi connectivity index (χ3n) is 9.58. The number of hydrogen-bond acceptors (Lipinski definition) is 6. The van der Waals surface area contributed by atoms with Crippen LogP contribution in [0.2, 0.25) is 0 Å². The van der Waals surface area contributed by atoms with Gasteiger partial charge < -0.3 is 13.9 Å². The number of aromatic nitrogens is 5. The van der Waals surface area contributed by atoms with Gasteiger partial charge in [-0.1, -0.05) is 24.3 Å². The lowest BCUT2D eigenvalue weighted by atomic mass is 10.0. The van der Waals surface area contributed by atoms with Crippen LogP contribution >= 0.6 is 0 Å². The van der Waals surface area contributed by atoms with E-state index in [0.717, 1.165) is 55.6 Å². The highest BCUT2D eigenvalue weighted by atomic mass is 19.1. The fourth-order valence-corrected chi connectivity index (χ4v) is 7.09. The number of carbonyl (C=O) groups excluding carboxylic acids is 2. The van der Waals surface area contributed by atoms with Crippen LogP contribution < -0.4 is 0 Å². The number of para-hydroxylation sites is 1. The van der Waals surface area contributed by atoms with Gasteiger partial charge in [0.05, 0.1) is 16.6 Å². The summed E-state index contributed by atoms with van der Waals surface area (Å²) in [5.41, 5.74) is 8.82. The molecule has 0 aliphatic carbocycles. The van der Waals surface area contributed by atoms with Crippen molar-refractivity contribution in [3.63, 3.8) is 0 Å². The van der Waals surface area contributed by atoms with E-state index in [-0.39, 0.29) is 13.1 Å². The zero-order valence-corrected chi connectivity index (χ0v) is 27.9. The first-order chi connectivity index (χ1) is 24.7. The Bertz CT molecular complexity index is 2500. The molecule has 4 aromatic heterocycles. The molecule has 0 bridgehead atoms. The lowest BCUT2D eigenvalue weighted by Gasteiger charge is -2.11. The number of halogens is 2. The topological polar surface area (TPSA) is 91.9 Å². The normalized spacial score (nSPS) is 11.6. The van der Waals surface area contributed by atoms with Crippen LogP contribution in [0.25, 0.3) is 43.7 Å². The quantitative estimate of drug-likeness (QED) is 0.120. The van der Waals surface area contributed by atoms with Crippen LogP contribution in [0, 0.1) is 25.5 Å². The molecule has 0 aliphatic rings. The summed E-state index contributed by atoms with van der Waals surface area (Å²) < 4.78 is 37.9. The van der Waals surface area contributed by atoms with Gasteiger partial charge in [0, 0.05) is 63.6 Å². The molecule has 51 heavy (non-hydrogen) atoms. The third kappa shape index (κ3) is 6.09. The van der Waals surface area contributed by atoms with Crippen molar-refractivity contribution >= 4 is 55.7 Å². The molecule has 0 N–H and O–H groups in total. The molecular weight excluding hydrogens is 648 g/mol. The van der Waals surface area contributed by atoms with Crippen molar-refractivity contribution in [1.29, 1.82) is 0 Å². The molecule has 0 saturated heterocycles. The van der Waals surface area contributed by atoms with E-state index in [1.54, 1.807) is 39.9 Å². The molecule has 4 heterocycles. The van der Waals surface area contributed by atoms with E-state index < -0.39 is 23.6 Å². The zero-order valence-electron chi connectivity index (χ0n) is 27.9. The Morgan fingerprint density at radius 2 is 1.22 bits per heavy atom. The Morgan fingerprint density at radius 1 is 0.627 bits per heavy atom. The first kappa shape index (κ1) is 31.9. The average Bonchev–Trinajstić information content (AvgIpc) is 3.51. The van der Waals surface area contributed by atoms with Gasteiger partial charge in [0.1, 0.15) is 24.7 Å². The SMILES string of the molecule is Cc1c(Cc2cnc3ccccc3c2)c2cc(F)ccc2n1CC(=O)OC(=O)Cn1c(C)c(Cc2ccc3nccnc3c2)c2cc(F)ccc21. The Kier molecular flexibility index (Phi) is 8.06. The van der Waals surface area contributed by atoms with Gasteiger partial charge in [-0.05, 0) is 103 Å². The first-order valence-corrected chi connectivity index (χ1v) is 16.5. The second-order valence-corrected chi connectivity index (χ2v) is 12.7. The Labute approximate surface area is 291 Å². The van der Waals surface area contributed by atoms with Crippen molar-refractivity contribution in [2.45, 2.75) is 39.8 Å². The molecule has 0 radical (unpaired) electrons. The van der Waals surface area contributed by atoms with E-state index in [9.17, 15) is 18.4 Å². The minimum atomic E-state index is -0.750. The summed E-state index contributed by atoms with van der Waals surface area (Å²) in [5, 5.41) is 2.34. The summed E-state index contributed by atoms with van der Waals surface area (Å²) in [5.74, 6) is -2.29. The summed E-state index contributed by atoms with van der Waals surface area (Å²) in [7, 11) is 0. The molecule has 8 aromatic rings. The molecule has 0 saturated carbocycles. The molecule has 252 valence electrons. The van der Waals surface area contributed by atoms with E-state index >= 15 is 0 Å². The maximum Gasteiger partial charge on any atom is 0.333 e. The number of esters is 2. The summed E-state index contributed by atoms with van der Waals surface area (Å²) in [6.07, 6.45) is 6.02. The second kappa shape index (κ2) is 12.9. The lowest BCUT2D eigenvalue weighted by molar-refractivity contribution is -0.160. The highest BCUT2D eigenvalue weighted by molar-refractivity contribution is 5.92. The van der Waals surface area contributed by atoms with Gasteiger partial charge in [-0.3, -0.25) is 15.0 Å². The van der Waals surface area contributed by atoms with Gasteiger partial charge in [0.15, 0.2) is 0 Å². The molecule has 0 atom stereocenters. The average molecular weight is 680 g/mol. The molecule has 8 rings (SSSR count). The number of hydrogen-bond donors (Lipinski definition) is 0. The number of fused-ring (bicyclic) bond motifs is 4. The summed E-state index contributed by atoms with van der Waals surface area (Å²) in [6, 6.07) is 24.6. The third-order valence-corrected chi connectivity index (χ3v) is 9.58. The standard InChI is InChI=1S/C41H31F2N5O3/c1-24-31(16-26-7-10-36-37(18-26)45-14-13-44-36)33-19-29(42)8-11-38(33)47(24)22-40(49)51-41(50)23-48-25(2)32(34-20-30(43)9-12-39(34)48)17-27-15-28-5-3-4-6-35(28)46-21-27/h3-15,18-21H,16-17,22-23H2,1-2H3. The van der Waals surface area contributed by atoms with E-state index in [0.29, 0.717) is 34.6 Å². The number of pyridine rings is 1. The number of ether oxygens (including phenoxy) is 1. The minimum absolute atomic E-state index is 0.248. The molecule has 8 nitrogen and oxygen atoms in total. The maximum atomic E-state index is 14.5. The molecular formula is C41H31F2N5O3. The summed E-state index contributed by atoms with van der Waals surface area (Å²) >= 11 is 0. The van der Waals surface area contributed by atoms with Crippen molar-refractivity contribution in [1.82, 2.24) is 24.1 Å². The van der Waals surface area contributed by atoms with Crippen LogP contribution in [-0.2, 0) is 40.3 Å². The predicted octanol–water partition coefficient (Wildman–Crippen LogP) is 7.93. The minimum Gasteiger partial charge on any atom is -0.390 e. The van der Waals surface area contributed by atoms with Gasteiger partial charge in [-0.2, -0.15) is 0 Å². The second-order valence-electron chi connectivity index (χ2n) is 12.7. The van der Waals surface area contributed by atoms with Crippen LogP contribution in [0.3, 0.4) is 0 Å². The Morgan fingerprint density at radius 3 is 1.86 bits per heavy atom. The van der Waals surface area contributed by atoms with Gasteiger partial charge in [-0.25, -0.2) is 18.4 Å². The smallest absolute Gasteiger partial charge is 0.333 e. The van der Waals surface area contributed by atoms with Crippen molar-refractivity contribution < 1.29 is 23.1 Å². The number of carbonyl (C=O) groups is 2. The van der Waals surface area contributed by atoms with Crippen LogP contribution in [0.15, 0.2) is 104 Å². The molecule has 10 heteroatoms. The highest BCUT2D eigenvalue weighted by Crippen LogP contribution is 2.31. The van der Waals surface area contributed by atoms with Crippen molar-refractivity contribution in [2.24, 2.45) is 0 Å². The Balaban J connectivity index is 1.04. The van der Waals surface area contributed by atoms with Gasteiger partial charge >= 0.3 is 11.9 Å². The van der Waals surface area contributed by atoms with Crippen LogP contribution in [-0.4, -0.2) is 36.0 Å². The molecule has 0 fully saturated rings. The van der Waals surface area contributed by atoms with Crippen molar-refractivity contribution in [3.8, 4) is 0 Å². The van der Waals surface area contributed by atoms with Crippen LogP contribution in [0.4, 0.5) is 8.78 Å². The van der Waals surface area contributed by atoms with E-state index in [1.165, 1.54) is 24.3 Å².